The van der Waals surface area contributed by atoms with Crippen molar-refractivity contribution in [3.05, 3.63) is 48.4 Å². The molecule has 0 bridgehead atoms. The van der Waals surface area contributed by atoms with Gasteiger partial charge in [0.2, 0.25) is 0 Å². The van der Waals surface area contributed by atoms with Crippen molar-refractivity contribution in [2.24, 2.45) is 0 Å². The Balaban J connectivity index is 4.01. The minimum Gasteiger partial charge on any atom is -0.360 e. The van der Waals surface area contributed by atoms with Gasteiger partial charge in [-0.15, -0.1) is 0 Å². The summed E-state index contributed by atoms with van der Waals surface area (Å²) in [4.78, 5) is 0. The first-order valence-electron chi connectivity index (χ1n) is 3.98. The summed E-state index contributed by atoms with van der Waals surface area (Å²) >= 11 is 0. The molecule has 0 heterocycles. The van der Waals surface area contributed by atoms with E-state index >= 15 is 0 Å². The molecule has 0 aromatic carbocycles. The van der Waals surface area contributed by atoms with Crippen LogP contribution in [0.2, 0.25) is 0 Å². The first-order valence-corrected chi connectivity index (χ1v) is 3.98. The molecule has 1 nitrogen and oxygen atoms in total. The van der Waals surface area contributed by atoms with Crippen LogP contribution in [0.4, 0.5) is 0 Å². The maximum Gasteiger partial charge on any atom is 0.0308 e. The molecule has 0 rings (SSSR count). The normalized spacial score (nSPS) is 11.8. The summed E-state index contributed by atoms with van der Waals surface area (Å²) in [6, 6.07) is 0. The highest BCUT2D eigenvalue weighted by molar-refractivity contribution is 5.25. The highest BCUT2D eigenvalue weighted by atomic mass is 14.9. The Morgan fingerprint density at radius 3 is 2.17 bits per heavy atom. The molecule has 0 amide bonds. The molecule has 0 aliphatic rings. The van der Waals surface area contributed by atoms with Gasteiger partial charge in [-0.3, -0.25) is 0 Å². The highest BCUT2D eigenvalue weighted by Crippen LogP contribution is 1.98. The van der Waals surface area contributed by atoms with Crippen LogP contribution in [-0.2, 0) is 0 Å². The van der Waals surface area contributed by atoms with Crippen LogP contribution < -0.4 is 5.32 Å². The summed E-state index contributed by atoms with van der Waals surface area (Å²) in [6.45, 7) is 13.5. The van der Waals surface area contributed by atoms with Gasteiger partial charge >= 0.3 is 0 Å². The van der Waals surface area contributed by atoms with Crippen molar-refractivity contribution in [3.63, 3.8) is 0 Å². The zero-order valence-corrected chi connectivity index (χ0v) is 8.15. The Kier molecular flexibility index (Phi) is 4.86. The van der Waals surface area contributed by atoms with Crippen LogP contribution in [0, 0.1) is 0 Å². The Morgan fingerprint density at radius 1 is 1.17 bits per heavy atom. The van der Waals surface area contributed by atoms with E-state index in [1.54, 1.807) is 0 Å². The molecule has 0 saturated heterocycles. The fourth-order valence-electron chi connectivity index (χ4n) is 0.644. The molecule has 0 unspecified atom stereocenters. The van der Waals surface area contributed by atoms with Gasteiger partial charge in [0.05, 0.1) is 0 Å². The number of rotatable bonds is 4. The molecule has 66 valence electrons. The maximum atomic E-state index is 3.82. The molecular weight excluding hydrogens is 146 g/mol. The predicted molar refractivity (Wildman–Crippen MR) is 55.7 cm³/mol. The minimum absolute atomic E-state index is 0.865. The summed E-state index contributed by atoms with van der Waals surface area (Å²) in [5.74, 6) is 0. The van der Waals surface area contributed by atoms with Crippen LogP contribution in [0.3, 0.4) is 0 Å². The van der Waals surface area contributed by atoms with Crippen LogP contribution in [0.25, 0.3) is 0 Å². The van der Waals surface area contributed by atoms with E-state index in [1.165, 1.54) is 5.57 Å². The molecule has 0 fully saturated rings. The highest BCUT2D eigenvalue weighted by Gasteiger charge is 1.85. The molecule has 1 N–H and O–H groups in total. The second-order valence-electron chi connectivity index (χ2n) is 2.80. The molecular formula is C11H17N. The third-order valence-electron chi connectivity index (χ3n) is 1.38. The van der Waals surface area contributed by atoms with Gasteiger partial charge in [0, 0.05) is 11.4 Å². The van der Waals surface area contributed by atoms with E-state index in [2.05, 4.69) is 18.5 Å². The molecule has 0 aromatic rings. The lowest BCUT2D eigenvalue weighted by atomic mass is 10.2. The van der Waals surface area contributed by atoms with Gasteiger partial charge in [-0.1, -0.05) is 30.9 Å². The van der Waals surface area contributed by atoms with Gasteiger partial charge in [0.1, 0.15) is 0 Å². The lowest BCUT2D eigenvalue weighted by molar-refractivity contribution is 1.02. The van der Waals surface area contributed by atoms with E-state index < -0.39 is 0 Å². The lowest BCUT2D eigenvalue weighted by Crippen LogP contribution is -2.05. The SMILES string of the molecule is C=C(C)NC(=C)/C=C\C(C)=C/C. The number of nitrogens with one attached hydrogen (secondary N) is 1. The monoisotopic (exact) mass is 163 g/mol. The van der Waals surface area contributed by atoms with Crippen molar-refractivity contribution in [1.29, 1.82) is 0 Å². The van der Waals surface area contributed by atoms with E-state index in [0.717, 1.165) is 11.4 Å². The molecule has 0 spiro atoms. The van der Waals surface area contributed by atoms with Crippen molar-refractivity contribution in [2.75, 3.05) is 0 Å². The Hall–Kier alpha value is -1.24. The zero-order chi connectivity index (χ0) is 9.56. The van der Waals surface area contributed by atoms with Gasteiger partial charge in [-0.2, -0.15) is 0 Å². The second kappa shape index (κ2) is 5.42. The second-order valence-corrected chi connectivity index (χ2v) is 2.80. The molecule has 0 aromatic heterocycles. The van der Waals surface area contributed by atoms with E-state index in [9.17, 15) is 0 Å². The molecule has 0 saturated carbocycles. The first kappa shape index (κ1) is 10.8. The standard InChI is InChI=1S/C11H17N/c1-6-10(4)7-8-11(5)12-9(2)3/h6-8,12H,2,5H2,1,3-4H3/b8-7-,10-6-. The predicted octanol–water partition coefficient (Wildman–Crippen LogP) is 3.15. The minimum atomic E-state index is 0.865. The Bertz CT molecular complexity index is 231. The van der Waals surface area contributed by atoms with E-state index in [-0.39, 0.29) is 0 Å². The lowest BCUT2D eigenvalue weighted by Gasteiger charge is -2.02. The largest absolute Gasteiger partial charge is 0.360 e. The van der Waals surface area contributed by atoms with Crippen LogP contribution >= 0.6 is 0 Å². The van der Waals surface area contributed by atoms with Gasteiger partial charge in [-0.05, 0) is 26.8 Å². The fourth-order valence-corrected chi connectivity index (χ4v) is 0.644. The third-order valence-corrected chi connectivity index (χ3v) is 1.38. The summed E-state index contributed by atoms with van der Waals surface area (Å²) in [6.07, 6.45) is 5.99. The van der Waals surface area contributed by atoms with Gasteiger partial charge in [0.15, 0.2) is 0 Å². The van der Waals surface area contributed by atoms with Crippen LogP contribution in [0.15, 0.2) is 48.4 Å². The summed E-state index contributed by atoms with van der Waals surface area (Å²) in [7, 11) is 0. The summed E-state index contributed by atoms with van der Waals surface area (Å²) in [5.41, 5.74) is 2.99. The molecule has 0 atom stereocenters. The molecule has 1 heteroatoms. The summed E-state index contributed by atoms with van der Waals surface area (Å²) < 4.78 is 0. The number of hydrogen-bond donors (Lipinski definition) is 1. The van der Waals surface area contributed by atoms with E-state index in [4.69, 9.17) is 0 Å². The van der Waals surface area contributed by atoms with Crippen LogP contribution in [0.5, 0.6) is 0 Å². The van der Waals surface area contributed by atoms with E-state index in [1.807, 2.05) is 39.0 Å². The Labute approximate surface area is 75.2 Å². The molecule has 0 aliphatic carbocycles. The summed E-state index contributed by atoms with van der Waals surface area (Å²) in [5, 5.41) is 3.02. The third kappa shape index (κ3) is 5.54. The maximum absolute atomic E-state index is 3.82. The van der Waals surface area contributed by atoms with Crippen molar-refractivity contribution in [3.8, 4) is 0 Å². The fraction of sp³-hybridized carbons (Fsp3) is 0.273. The van der Waals surface area contributed by atoms with Crippen molar-refractivity contribution >= 4 is 0 Å². The topological polar surface area (TPSA) is 12.0 Å². The number of hydrogen-bond acceptors (Lipinski definition) is 1. The van der Waals surface area contributed by atoms with Crippen LogP contribution in [-0.4, -0.2) is 0 Å². The molecule has 12 heavy (non-hydrogen) atoms. The van der Waals surface area contributed by atoms with Gasteiger partial charge in [-0.25, -0.2) is 0 Å². The van der Waals surface area contributed by atoms with Crippen LogP contribution in [0.1, 0.15) is 20.8 Å². The first-order chi connectivity index (χ1) is 5.56. The number of allylic oxidation sites excluding steroid dienone is 5. The van der Waals surface area contributed by atoms with Crippen molar-refractivity contribution in [2.45, 2.75) is 20.8 Å². The zero-order valence-electron chi connectivity index (χ0n) is 8.15. The smallest absolute Gasteiger partial charge is 0.0308 e. The van der Waals surface area contributed by atoms with Gasteiger partial charge < -0.3 is 5.32 Å². The van der Waals surface area contributed by atoms with E-state index in [0.29, 0.717) is 0 Å². The quantitative estimate of drug-likeness (QED) is 0.628. The molecule has 0 aliphatic heterocycles. The van der Waals surface area contributed by atoms with Gasteiger partial charge in [0.25, 0.3) is 0 Å². The average Bonchev–Trinajstić information content (AvgIpc) is 1.99. The van der Waals surface area contributed by atoms with Crippen molar-refractivity contribution in [1.82, 2.24) is 5.32 Å². The average molecular weight is 163 g/mol. The molecule has 0 radical (unpaired) electrons. The van der Waals surface area contributed by atoms with Crippen molar-refractivity contribution < 1.29 is 0 Å². The Morgan fingerprint density at radius 2 is 1.75 bits per heavy atom.